The van der Waals surface area contributed by atoms with E-state index in [1.807, 2.05) is 14.0 Å². The Hall–Kier alpha value is -2.05. The normalized spacial score (nSPS) is 12.5. The van der Waals surface area contributed by atoms with Gasteiger partial charge in [0.2, 0.25) is 0 Å². The molecule has 0 aliphatic rings. The van der Waals surface area contributed by atoms with Gasteiger partial charge in [-0.25, -0.2) is 4.98 Å². The molecule has 0 bridgehead atoms. The van der Waals surface area contributed by atoms with Gasteiger partial charge in [0.05, 0.1) is 5.69 Å². The Morgan fingerprint density at radius 1 is 1.21 bits per heavy atom. The van der Waals surface area contributed by atoms with E-state index in [1.165, 1.54) is 11.1 Å². The number of nitrogens with one attached hydrogen (secondary N) is 1. The lowest BCUT2D eigenvalue weighted by molar-refractivity contribution is 0.418. The Balaban J connectivity index is 1.92. The minimum absolute atomic E-state index is 0.309. The van der Waals surface area contributed by atoms with Crippen LogP contribution in [0.2, 0.25) is 0 Å². The highest BCUT2D eigenvalue weighted by molar-refractivity contribution is 7.18. The van der Waals surface area contributed by atoms with Gasteiger partial charge in [0.25, 0.3) is 5.89 Å². The van der Waals surface area contributed by atoms with Crippen molar-refractivity contribution in [3.8, 4) is 21.3 Å². The van der Waals surface area contributed by atoms with Gasteiger partial charge < -0.3 is 9.84 Å². The number of rotatable bonds is 5. The largest absolute Gasteiger partial charge is 0.333 e. The zero-order valence-corrected chi connectivity index (χ0v) is 15.5. The summed E-state index contributed by atoms with van der Waals surface area (Å²) in [4.78, 5) is 10.2. The van der Waals surface area contributed by atoms with E-state index in [4.69, 9.17) is 9.51 Å². The Labute approximate surface area is 146 Å². The second kappa shape index (κ2) is 6.83. The zero-order chi connectivity index (χ0) is 17.3. The van der Waals surface area contributed by atoms with Gasteiger partial charge in [-0.3, -0.25) is 0 Å². The first-order valence-corrected chi connectivity index (χ1v) is 8.85. The van der Waals surface area contributed by atoms with Crippen molar-refractivity contribution in [1.82, 2.24) is 20.4 Å². The van der Waals surface area contributed by atoms with Crippen molar-refractivity contribution >= 4 is 11.3 Å². The topological polar surface area (TPSA) is 63.8 Å². The molecular formula is C18H22N4OS. The molecule has 0 radical (unpaired) electrons. The fraction of sp³-hybridized carbons (Fsp3) is 0.389. The van der Waals surface area contributed by atoms with Crippen molar-refractivity contribution in [2.24, 2.45) is 0 Å². The second-order valence-electron chi connectivity index (χ2n) is 6.16. The van der Waals surface area contributed by atoms with Gasteiger partial charge in [0, 0.05) is 18.0 Å². The Morgan fingerprint density at radius 2 is 2.00 bits per heavy atom. The second-order valence-corrected chi connectivity index (χ2v) is 7.16. The Morgan fingerprint density at radius 3 is 2.71 bits per heavy atom. The Kier molecular flexibility index (Phi) is 4.78. The smallest absolute Gasteiger partial charge is 0.269 e. The van der Waals surface area contributed by atoms with Crippen molar-refractivity contribution in [3.63, 3.8) is 0 Å². The molecule has 0 amide bonds. The van der Waals surface area contributed by atoms with Crippen LogP contribution in [-0.4, -0.2) is 28.2 Å². The quantitative estimate of drug-likeness (QED) is 0.761. The molecule has 2 aromatic heterocycles. The third-order valence-electron chi connectivity index (χ3n) is 4.05. The van der Waals surface area contributed by atoms with Gasteiger partial charge in [-0.2, -0.15) is 4.98 Å². The van der Waals surface area contributed by atoms with E-state index in [2.05, 4.69) is 54.4 Å². The molecule has 2 heterocycles. The van der Waals surface area contributed by atoms with Crippen molar-refractivity contribution < 1.29 is 4.52 Å². The lowest BCUT2D eigenvalue weighted by Crippen LogP contribution is -2.24. The van der Waals surface area contributed by atoms with Crippen molar-refractivity contribution in [2.45, 2.75) is 40.2 Å². The molecule has 0 aliphatic carbocycles. The lowest BCUT2D eigenvalue weighted by Gasteiger charge is -2.04. The zero-order valence-electron chi connectivity index (χ0n) is 14.7. The van der Waals surface area contributed by atoms with E-state index < -0.39 is 0 Å². The van der Waals surface area contributed by atoms with Crippen molar-refractivity contribution in [2.75, 3.05) is 7.05 Å². The van der Waals surface area contributed by atoms with Crippen LogP contribution >= 0.6 is 11.3 Å². The highest BCUT2D eigenvalue weighted by atomic mass is 32.1. The summed E-state index contributed by atoms with van der Waals surface area (Å²) >= 11 is 1.60. The summed E-state index contributed by atoms with van der Waals surface area (Å²) in [6.07, 6.45) is 0.738. The molecule has 3 aromatic rings. The lowest BCUT2D eigenvalue weighted by atomic mass is 10.1. The van der Waals surface area contributed by atoms with Crippen LogP contribution in [-0.2, 0) is 6.42 Å². The number of hydrogen-bond acceptors (Lipinski definition) is 6. The molecule has 0 aliphatic heterocycles. The number of aryl methyl sites for hydroxylation is 3. The average molecular weight is 342 g/mol. The molecule has 1 atom stereocenters. The van der Waals surface area contributed by atoms with E-state index in [1.54, 1.807) is 11.3 Å². The predicted octanol–water partition coefficient (Wildman–Crippen LogP) is 3.94. The summed E-state index contributed by atoms with van der Waals surface area (Å²) in [6.45, 7) is 8.29. The molecule has 1 aromatic carbocycles. The third kappa shape index (κ3) is 3.39. The predicted molar refractivity (Wildman–Crippen MR) is 97.3 cm³/mol. The number of likely N-dealkylation sites (N-methyl/N-ethyl adjacent to an activating group) is 1. The van der Waals surface area contributed by atoms with E-state index >= 15 is 0 Å². The first-order valence-electron chi connectivity index (χ1n) is 8.03. The maximum absolute atomic E-state index is 5.46. The standard InChI is InChI=1S/C18H22N4OS/c1-10-6-7-14(11(2)8-10)18-20-13(4)16(24-18)17-21-15(22-23-17)9-12(3)19-5/h6-8,12,19H,9H2,1-5H3. The SMILES string of the molecule is CNC(C)Cc1noc(-c2sc(-c3ccc(C)cc3C)nc2C)n1. The van der Waals surface area contributed by atoms with Crippen LogP contribution in [0.4, 0.5) is 0 Å². The van der Waals surface area contributed by atoms with E-state index in [-0.39, 0.29) is 0 Å². The van der Waals surface area contributed by atoms with Crippen molar-refractivity contribution in [1.29, 1.82) is 0 Å². The van der Waals surface area contributed by atoms with Gasteiger partial charge in [-0.1, -0.05) is 28.9 Å². The number of hydrogen-bond donors (Lipinski definition) is 1. The van der Waals surface area contributed by atoms with Crippen LogP contribution in [0, 0.1) is 20.8 Å². The van der Waals surface area contributed by atoms with Crippen LogP contribution < -0.4 is 5.32 Å². The number of nitrogens with zero attached hydrogens (tertiary/aromatic N) is 3. The summed E-state index contributed by atoms with van der Waals surface area (Å²) in [5.41, 5.74) is 4.56. The fourth-order valence-corrected chi connectivity index (χ4v) is 3.65. The van der Waals surface area contributed by atoms with Crippen LogP contribution in [0.15, 0.2) is 22.7 Å². The monoisotopic (exact) mass is 342 g/mol. The van der Waals surface area contributed by atoms with Crippen LogP contribution in [0.5, 0.6) is 0 Å². The van der Waals surface area contributed by atoms with Gasteiger partial charge >= 0.3 is 0 Å². The Bertz CT molecular complexity index is 853. The summed E-state index contributed by atoms with van der Waals surface area (Å²) in [5.74, 6) is 1.27. The van der Waals surface area contributed by atoms with Gasteiger partial charge in [-0.15, -0.1) is 11.3 Å². The average Bonchev–Trinajstić information content (AvgIpc) is 3.13. The first-order chi connectivity index (χ1) is 11.5. The molecule has 0 fully saturated rings. The molecular weight excluding hydrogens is 320 g/mol. The summed E-state index contributed by atoms with van der Waals surface area (Å²) < 4.78 is 5.46. The molecule has 126 valence electrons. The highest BCUT2D eigenvalue weighted by Gasteiger charge is 2.18. The fourth-order valence-electron chi connectivity index (χ4n) is 2.57. The summed E-state index contributed by atoms with van der Waals surface area (Å²) in [5, 5.41) is 8.25. The van der Waals surface area contributed by atoms with Crippen LogP contribution in [0.25, 0.3) is 21.3 Å². The van der Waals surface area contributed by atoms with E-state index in [0.29, 0.717) is 17.8 Å². The number of thiazole rings is 1. The van der Waals surface area contributed by atoms with Crippen molar-refractivity contribution in [3.05, 3.63) is 40.8 Å². The molecule has 5 nitrogen and oxygen atoms in total. The van der Waals surface area contributed by atoms with E-state index in [0.717, 1.165) is 27.6 Å². The van der Waals surface area contributed by atoms with E-state index in [9.17, 15) is 0 Å². The molecule has 0 spiro atoms. The van der Waals surface area contributed by atoms with Gasteiger partial charge in [0.15, 0.2) is 5.82 Å². The third-order valence-corrected chi connectivity index (χ3v) is 5.23. The summed E-state index contributed by atoms with van der Waals surface area (Å²) in [7, 11) is 1.93. The first kappa shape index (κ1) is 16.8. The number of benzene rings is 1. The number of aromatic nitrogens is 3. The molecule has 0 saturated heterocycles. The molecule has 0 saturated carbocycles. The molecule has 3 rings (SSSR count). The molecule has 6 heteroatoms. The highest BCUT2D eigenvalue weighted by Crippen LogP contribution is 2.35. The minimum Gasteiger partial charge on any atom is -0.333 e. The maximum atomic E-state index is 5.46. The molecule has 24 heavy (non-hydrogen) atoms. The minimum atomic E-state index is 0.309. The van der Waals surface area contributed by atoms with Crippen LogP contribution in [0.1, 0.15) is 29.6 Å². The molecule has 1 N–H and O–H groups in total. The summed E-state index contributed by atoms with van der Waals surface area (Å²) in [6, 6.07) is 6.72. The van der Waals surface area contributed by atoms with Gasteiger partial charge in [-0.05, 0) is 40.3 Å². The van der Waals surface area contributed by atoms with Gasteiger partial charge in [0.1, 0.15) is 9.88 Å². The maximum Gasteiger partial charge on any atom is 0.269 e. The molecule has 1 unspecified atom stereocenters. The van der Waals surface area contributed by atoms with Crippen LogP contribution in [0.3, 0.4) is 0 Å².